The molecule has 0 aromatic rings. The zero-order valence-corrected chi connectivity index (χ0v) is 10.1. The molecular formula is C12H23NO. The molecule has 82 valence electrons. The predicted octanol–water partition coefficient (Wildman–Crippen LogP) is 3.06. The highest BCUT2D eigenvalue weighted by Gasteiger charge is 2.29. The topological polar surface area (TPSA) is 21.6 Å². The minimum Gasteiger partial charge on any atom is -0.367 e. The Morgan fingerprint density at radius 1 is 1.43 bits per heavy atom. The smallest absolute Gasteiger partial charge is 0.100 e. The molecule has 2 heteroatoms. The lowest BCUT2D eigenvalue weighted by molar-refractivity contribution is -0.0116. The Hall–Kier alpha value is -0.370. The van der Waals surface area contributed by atoms with E-state index in [1.807, 2.05) is 0 Å². The van der Waals surface area contributed by atoms with Crippen LogP contribution in [0.4, 0.5) is 0 Å². The van der Waals surface area contributed by atoms with Crippen LogP contribution in [0.5, 0.6) is 0 Å². The maximum absolute atomic E-state index is 5.89. The van der Waals surface area contributed by atoms with E-state index in [9.17, 15) is 0 Å². The summed E-state index contributed by atoms with van der Waals surface area (Å²) in [5, 5.41) is 0. The van der Waals surface area contributed by atoms with Gasteiger partial charge < -0.3 is 4.74 Å². The van der Waals surface area contributed by atoms with Gasteiger partial charge in [0.1, 0.15) is 5.60 Å². The molecule has 14 heavy (non-hydrogen) atoms. The molecule has 0 aromatic heterocycles. The van der Waals surface area contributed by atoms with Crippen molar-refractivity contribution in [1.82, 2.24) is 0 Å². The van der Waals surface area contributed by atoms with Crippen LogP contribution >= 0.6 is 0 Å². The molecule has 0 spiro atoms. The van der Waals surface area contributed by atoms with Crippen LogP contribution in [0.25, 0.3) is 0 Å². The SMILES string of the molecule is CC1CCN=C(C(C)(C)OC(C)C)C1. The second kappa shape index (κ2) is 4.43. The van der Waals surface area contributed by atoms with Crippen molar-refractivity contribution in [3.8, 4) is 0 Å². The number of aliphatic imine (C=N–C) groups is 1. The van der Waals surface area contributed by atoms with Gasteiger partial charge in [0.25, 0.3) is 0 Å². The van der Waals surface area contributed by atoms with Gasteiger partial charge in [0.05, 0.1) is 6.10 Å². The Kier molecular flexibility index (Phi) is 3.71. The van der Waals surface area contributed by atoms with Gasteiger partial charge in [-0.3, -0.25) is 4.99 Å². The Morgan fingerprint density at radius 2 is 2.07 bits per heavy atom. The average molecular weight is 197 g/mol. The van der Waals surface area contributed by atoms with Crippen molar-refractivity contribution in [3.63, 3.8) is 0 Å². The van der Waals surface area contributed by atoms with Crippen LogP contribution in [-0.2, 0) is 4.74 Å². The van der Waals surface area contributed by atoms with Crippen molar-refractivity contribution in [1.29, 1.82) is 0 Å². The molecule has 0 amide bonds. The maximum atomic E-state index is 5.89. The number of hydrogen-bond acceptors (Lipinski definition) is 2. The Labute approximate surface area is 87.8 Å². The number of nitrogens with zero attached hydrogens (tertiary/aromatic N) is 1. The highest BCUT2D eigenvalue weighted by molar-refractivity contribution is 5.92. The van der Waals surface area contributed by atoms with Gasteiger partial charge in [0.15, 0.2) is 0 Å². The molecule has 0 saturated heterocycles. The summed E-state index contributed by atoms with van der Waals surface area (Å²) in [5.41, 5.74) is 1.06. The second-order valence-electron chi connectivity index (χ2n) is 5.10. The fourth-order valence-electron chi connectivity index (χ4n) is 2.01. The molecule has 1 aliphatic heterocycles. The van der Waals surface area contributed by atoms with Crippen molar-refractivity contribution < 1.29 is 4.74 Å². The van der Waals surface area contributed by atoms with E-state index in [0.717, 1.165) is 18.9 Å². The van der Waals surface area contributed by atoms with Gasteiger partial charge in [-0.1, -0.05) is 6.92 Å². The predicted molar refractivity (Wildman–Crippen MR) is 61.0 cm³/mol. The van der Waals surface area contributed by atoms with Crippen LogP contribution in [0.15, 0.2) is 4.99 Å². The van der Waals surface area contributed by atoms with E-state index in [2.05, 4.69) is 39.6 Å². The fourth-order valence-corrected chi connectivity index (χ4v) is 2.01. The van der Waals surface area contributed by atoms with Crippen LogP contribution in [0.2, 0.25) is 0 Å². The number of ether oxygens (including phenoxy) is 1. The number of hydrogen-bond donors (Lipinski definition) is 0. The molecule has 0 N–H and O–H groups in total. The van der Waals surface area contributed by atoms with Crippen LogP contribution in [-0.4, -0.2) is 24.0 Å². The molecule has 0 fully saturated rings. The molecule has 0 saturated carbocycles. The molecule has 0 bridgehead atoms. The van der Waals surface area contributed by atoms with Gasteiger partial charge in [-0.15, -0.1) is 0 Å². The zero-order chi connectivity index (χ0) is 10.8. The maximum Gasteiger partial charge on any atom is 0.100 e. The van der Waals surface area contributed by atoms with Crippen molar-refractivity contribution in [2.24, 2.45) is 10.9 Å². The zero-order valence-electron chi connectivity index (χ0n) is 10.1. The summed E-state index contributed by atoms with van der Waals surface area (Å²) >= 11 is 0. The third-order valence-corrected chi connectivity index (χ3v) is 2.69. The van der Waals surface area contributed by atoms with E-state index in [4.69, 9.17) is 4.74 Å². The van der Waals surface area contributed by atoms with E-state index in [0.29, 0.717) is 0 Å². The van der Waals surface area contributed by atoms with Gasteiger partial charge in [-0.05, 0) is 46.5 Å². The Morgan fingerprint density at radius 3 is 2.57 bits per heavy atom. The number of rotatable bonds is 3. The Bertz CT molecular complexity index is 218. The van der Waals surface area contributed by atoms with E-state index >= 15 is 0 Å². The first-order valence-corrected chi connectivity index (χ1v) is 5.63. The van der Waals surface area contributed by atoms with E-state index in [1.54, 1.807) is 0 Å². The van der Waals surface area contributed by atoms with Gasteiger partial charge in [-0.25, -0.2) is 0 Å². The summed E-state index contributed by atoms with van der Waals surface area (Å²) in [4.78, 5) is 4.60. The quantitative estimate of drug-likeness (QED) is 0.681. The van der Waals surface area contributed by atoms with Gasteiger partial charge >= 0.3 is 0 Å². The summed E-state index contributed by atoms with van der Waals surface area (Å²) in [6.07, 6.45) is 2.59. The van der Waals surface area contributed by atoms with Crippen LogP contribution < -0.4 is 0 Å². The highest BCUT2D eigenvalue weighted by Crippen LogP contribution is 2.24. The normalized spacial score (nSPS) is 23.9. The molecule has 2 nitrogen and oxygen atoms in total. The molecule has 0 aromatic carbocycles. The Balaban J connectivity index is 2.66. The minimum atomic E-state index is -0.178. The first kappa shape index (κ1) is 11.7. The molecule has 1 atom stereocenters. The van der Waals surface area contributed by atoms with Crippen molar-refractivity contribution in [2.45, 2.75) is 59.2 Å². The van der Waals surface area contributed by atoms with Crippen LogP contribution in [0, 0.1) is 5.92 Å². The minimum absolute atomic E-state index is 0.178. The summed E-state index contributed by atoms with van der Waals surface area (Å²) < 4.78 is 5.89. The van der Waals surface area contributed by atoms with Gasteiger partial charge in [-0.2, -0.15) is 0 Å². The van der Waals surface area contributed by atoms with Gasteiger partial charge in [0, 0.05) is 12.3 Å². The monoisotopic (exact) mass is 197 g/mol. The molecule has 0 aliphatic carbocycles. The summed E-state index contributed by atoms with van der Waals surface area (Å²) in [5.74, 6) is 0.762. The summed E-state index contributed by atoms with van der Waals surface area (Å²) in [7, 11) is 0. The summed E-state index contributed by atoms with van der Waals surface area (Å²) in [6, 6.07) is 0. The first-order valence-electron chi connectivity index (χ1n) is 5.63. The second-order valence-corrected chi connectivity index (χ2v) is 5.10. The lowest BCUT2D eigenvalue weighted by Crippen LogP contribution is -2.39. The van der Waals surface area contributed by atoms with Gasteiger partial charge in [0.2, 0.25) is 0 Å². The molecule has 0 radical (unpaired) electrons. The third kappa shape index (κ3) is 3.09. The van der Waals surface area contributed by atoms with Crippen LogP contribution in [0.3, 0.4) is 0 Å². The van der Waals surface area contributed by atoms with Crippen molar-refractivity contribution >= 4 is 5.71 Å². The summed E-state index contributed by atoms with van der Waals surface area (Å²) in [6.45, 7) is 11.7. The van der Waals surface area contributed by atoms with E-state index in [-0.39, 0.29) is 11.7 Å². The molecule has 1 rings (SSSR count). The highest BCUT2D eigenvalue weighted by atomic mass is 16.5. The molecule has 1 unspecified atom stereocenters. The molecular weight excluding hydrogens is 174 g/mol. The first-order chi connectivity index (χ1) is 6.42. The largest absolute Gasteiger partial charge is 0.367 e. The standard InChI is InChI=1S/C12H23NO/c1-9(2)14-12(4,5)11-8-10(3)6-7-13-11/h9-10H,6-8H2,1-5H3. The lowest BCUT2D eigenvalue weighted by atomic mass is 9.89. The van der Waals surface area contributed by atoms with E-state index in [1.165, 1.54) is 12.1 Å². The average Bonchev–Trinajstić information content (AvgIpc) is 2.01. The van der Waals surface area contributed by atoms with Crippen LogP contribution in [0.1, 0.15) is 47.5 Å². The third-order valence-electron chi connectivity index (χ3n) is 2.69. The fraction of sp³-hybridized carbons (Fsp3) is 0.917. The van der Waals surface area contributed by atoms with Crippen molar-refractivity contribution in [2.75, 3.05) is 6.54 Å². The molecule has 1 aliphatic rings. The lowest BCUT2D eigenvalue weighted by Gasteiger charge is -2.33. The van der Waals surface area contributed by atoms with Crippen molar-refractivity contribution in [3.05, 3.63) is 0 Å². The molecule has 1 heterocycles. The van der Waals surface area contributed by atoms with E-state index < -0.39 is 0 Å².